The second-order valence-corrected chi connectivity index (χ2v) is 15.1. The second-order valence-electron chi connectivity index (χ2n) is 14.1. The highest BCUT2D eigenvalue weighted by Gasteiger charge is 2.18. The van der Waals surface area contributed by atoms with Gasteiger partial charge in [0, 0.05) is 42.8 Å². The van der Waals surface area contributed by atoms with Crippen LogP contribution in [0.15, 0.2) is 224 Å². The number of fused-ring (bicyclic) bond motifs is 3. The minimum atomic E-state index is 1.10. The molecule has 0 aliphatic rings. The molecule has 0 N–H and O–H groups in total. The Labute approximate surface area is 332 Å². The fourth-order valence-corrected chi connectivity index (χ4v) is 9.24. The van der Waals surface area contributed by atoms with Crippen LogP contribution in [0.3, 0.4) is 0 Å². The highest BCUT2D eigenvalue weighted by atomic mass is 32.1. The molecular weight excluding hydrogens is 695 g/mol. The Bertz CT molecular complexity index is 2860. The lowest BCUT2D eigenvalue weighted by atomic mass is 9.89. The van der Waals surface area contributed by atoms with Crippen molar-refractivity contribution in [1.82, 2.24) is 0 Å². The Morgan fingerprint density at radius 1 is 0.268 bits per heavy atom. The summed E-state index contributed by atoms with van der Waals surface area (Å²) in [5.74, 6) is 0. The van der Waals surface area contributed by atoms with Crippen molar-refractivity contribution in [2.75, 3.05) is 4.90 Å². The van der Waals surface area contributed by atoms with Gasteiger partial charge in [0.25, 0.3) is 0 Å². The van der Waals surface area contributed by atoms with Crippen LogP contribution in [0.1, 0.15) is 0 Å². The third kappa shape index (κ3) is 6.26. The molecule has 0 unspecified atom stereocenters. The molecule has 10 rings (SSSR count). The first-order chi connectivity index (χ1) is 27.8. The average Bonchev–Trinajstić information content (AvgIpc) is 3.67. The van der Waals surface area contributed by atoms with Crippen molar-refractivity contribution >= 4 is 48.6 Å². The Kier molecular flexibility index (Phi) is 8.79. The summed E-state index contributed by atoms with van der Waals surface area (Å²) in [6.45, 7) is 0. The van der Waals surface area contributed by atoms with Crippen LogP contribution in [0.4, 0.5) is 17.1 Å². The zero-order valence-corrected chi connectivity index (χ0v) is 31.5. The van der Waals surface area contributed by atoms with E-state index in [1.54, 1.807) is 0 Å². The summed E-state index contributed by atoms with van der Waals surface area (Å²) in [5, 5.41) is 2.63. The van der Waals surface area contributed by atoms with Gasteiger partial charge in [-0.2, -0.15) is 0 Å². The number of nitrogens with zero attached hydrogens (tertiary/aromatic N) is 1. The van der Waals surface area contributed by atoms with Crippen molar-refractivity contribution in [2.45, 2.75) is 0 Å². The van der Waals surface area contributed by atoms with Crippen LogP contribution in [0, 0.1) is 0 Å². The molecule has 1 heterocycles. The number of hydrogen-bond donors (Lipinski definition) is 0. The van der Waals surface area contributed by atoms with E-state index in [0.29, 0.717) is 0 Å². The highest BCUT2D eigenvalue weighted by Crippen LogP contribution is 2.45. The van der Waals surface area contributed by atoms with E-state index < -0.39 is 0 Å². The first kappa shape index (κ1) is 33.6. The van der Waals surface area contributed by atoms with E-state index in [9.17, 15) is 0 Å². The number of anilines is 3. The summed E-state index contributed by atoms with van der Waals surface area (Å²) >= 11 is 1.88. The van der Waals surface area contributed by atoms with Gasteiger partial charge in [0.2, 0.25) is 0 Å². The summed E-state index contributed by atoms with van der Waals surface area (Å²) < 4.78 is 2.64. The monoisotopic (exact) mass is 731 g/mol. The number of rotatable bonds is 8. The molecule has 0 saturated heterocycles. The lowest BCUT2D eigenvalue weighted by molar-refractivity contribution is 1.28. The summed E-state index contributed by atoms with van der Waals surface area (Å²) in [5.41, 5.74) is 15.4. The summed E-state index contributed by atoms with van der Waals surface area (Å²) in [6.07, 6.45) is 0. The van der Waals surface area contributed by atoms with E-state index in [4.69, 9.17) is 0 Å². The Morgan fingerprint density at radius 3 is 1.32 bits per heavy atom. The average molecular weight is 732 g/mol. The predicted octanol–water partition coefficient (Wildman–Crippen LogP) is 15.9. The van der Waals surface area contributed by atoms with Crippen molar-refractivity contribution < 1.29 is 0 Å². The molecule has 264 valence electrons. The van der Waals surface area contributed by atoms with Gasteiger partial charge < -0.3 is 4.90 Å². The molecule has 0 bridgehead atoms. The molecule has 56 heavy (non-hydrogen) atoms. The van der Waals surface area contributed by atoms with Crippen molar-refractivity contribution in [2.24, 2.45) is 0 Å². The van der Waals surface area contributed by atoms with Gasteiger partial charge in [0.15, 0.2) is 0 Å². The highest BCUT2D eigenvalue weighted by molar-refractivity contribution is 7.26. The van der Waals surface area contributed by atoms with Gasteiger partial charge in [-0.25, -0.2) is 0 Å². The maximum absolute atomic E-state index is 2.37. The lowest BCUT2D eigenvalue weighted by Crippen LogP contribution is -2.10. The SMILES string of the molecule is c1ccc(-c2ccc(N(c3ccc(-c4ccccc4)cc3)c3cccc(-c4ccccc4-c4ccccc4-c4cccc5c4sc4ccccc45)c3)cc2)cc1. The molecule has 2 heteroatoms. The Morgan fingerprint density at radius 2 is 0.696 bits per heavy atom. The number of benzene rings is 9. The van der Waals surface area contributed by atoms with Crippen molar-refractivity contribution in [1.29, 1.82) is 0 Å². The normalized spacial score (nSPS) is 11.2. The van der Waals surface area contributed by atoms with E-state index in [0.717, 1.165) is 17.1 Å². The van der Waals surface area contributed by atoms with Gasteiger partial charge in [-0.15, -0.1) is 11.3 Å². The van der Waals surface area contributed by atoms with Crippen LogP contribution >= 0.6 is 11.3 Å². The first-order valence-corrected chi connectivity index (χ1v) is 19.9. The maximum atomic E-state index is 2.37. The van der Waals surface area contributed by atoms with E-state index in [1.165, 1.54) is 75.8 Å². The lowest BCUT2D eigenvalue weighted by Gasteiger charge is -2.27. The molecule has 0 amide bonds. The maximum Gasteiger partial charge on any atom is 0.0467 e. The third-order valence-corrected chi connectivity index (χ3v) is 11.9. The fourth-order valence-electron chi connectivity index (χ4n) is 8.01. The van der Waals surface area contributed by atoms with E-state index in [1.807, 2.05) is 11.3 Å². The molecule has 10 aromatic rings. The van der Waals surface area contributed by atoms with Crippen LogP contribution < -0.4 is 4.90 Å². The smallest absolute Gasteiger partial charge is 0.0467 e. The summed E-state index contributed by atoms with van der Waals surface area (Å²) in [4.78, 5) is 2.37. The zero-order valence-electron chi connectivity index (χ0n) is 30.7. The van der Waals surface area contributed by atoms with E-state index >= 15 is 0 Å². The molecule has 9 aromatic carbocycles. The Balaban J connectivity index is 1.08. The number of thiophene rings is 1. The Hall–Kier alpha value is -7.00. The van der Waals surface area contributed by atoms with Gasteiger partial charge in [-0.05, 0) is 92.5 Å². The zero-order chi connectivity index (χ0) is 37.3. The number of hydrogen-bond acceptors (Lipinski definition) is 2. The first-order valence-electron chi connectivity index (χ1n) is 19.1. The summed E-state index contributed by atoms with van der Waals surface area (Å²) in [7, 11) is 0. The van der Waals surface area contributed by atoms with Crippen LogP contribution in [0.2, 0.25) is 0 Å². The summed E-state index contributed by atoms with van der Waals surface area (Å²) in [6, 6.07) is 81.2. The van der Waals surface area contributed by atoms with Crippen LogP contribution in [-0.2, 0) is 0 Å². The van der Waals surface area contributed by atoms with Crippen LogP contribution in [0.25, 0.3) is 75.8 Å². The molecule has 0 fully saturated rings. The fraction of sp³-hybridized carbons (Fsp3) is 0. The molecule has 0 spiro atoms. The molecule has 0 atom stereocenters. The molecule has 1 aromatic heterocycles. The molecule has 1 nitrogen and oxygen atoms in total. The topological polar surface area (TPSA) is 3.24 Å². The van der Waals surface area contributed by atoms with Gasteiger partial charge in [0.1, 0.15) is 0 Å². The molecule has 0 radical (unpaired) electrons. The van der Waals surface area contributed by atoms with Gasteiger partial charge in [0.05, 0.1) is 0 Å². The van der Waals surface area contributed by atoms with Gasteiger partial charge in [-0.1, -0.05) is 182 Å². The third-order valence-electron chi connectivity index (χ3n) is 10.7. The standard InChI is InChI=1S/C54H37NS/c1-3-15-38(16-4-1)40-29-33-43(34-30-40)55(44-35-31-41(32-36-44)39-17-5-2-6-18-39)45-20-13-19-42(37-45)46-21-7-8-22-47(46)48-23-9-10-24-49(48)51-26-14-27-52-50-25-11-12-28-53(50)56-54(51)52/h1-37H. The predicted molar refractivity (Wildman–Crippen MR) is 241 cm³/mol. The second kappa shape index (κ2) is 14.7. The van der Waals surface area contributed by atoms with Crippen LogP contribution in [-0.4, -0.2) is 0 Å². The molecule has 0 saturated carbocycles. The minimum absolute atomic E-state index is 1.10. The van der Waals surface area contributed by atoms with Crippen molar-refractivity contribution in [3.63, 3.8) is 0 Å². The molecule has 0 aliphatic carbocycles. The van der Waals surface area contributed by atoms with Crippen molar-refractivity contribution in [3.8, 4) is 55.6 Å². The van der Waals surface area contributed by atoms with E-state index in [2.05, 4.69) is 229 Å². The van der Waals surface area contributed by atoms with Crippen LogP contribution in [0.5, 0.6) is 0 Å². The van der Waals surface area contributed by atoms with Gasteiger partial charge in [-0.3, -0.25) is 0 Å². The largest absolute Gasteiger partial charge is 0.310 e. The minimum Gasteiger partial charge on any atom is -0.310 e. The van der Waals surface area contributed by atoms with Gasteiger partial charge >= 0.3 is 0 Å². The van der Waals surface area contributed by atoms with E-state index in [-0.39, 0.29) is 0 Å². The molecular formula is C54H37NS. The van der Waals surface area contributed by atoms with Crippen molar-refractivity contribution in [3.05, 3.63) is 224 Å². The molecule has 0 aliphatic heterocycles. The quantitative estimate of drug-likeness (QED) is 0.150.